The first-order valence-electron chi connectivity index (χ1n) is 2.65. The van der Waals surface area contributed by atoms with Crippen LogP contribution in [0.3, 0.4) is 0 Å². The quantitative estimate of drug-likeness (QED) is 0.575. The van der Waals surface area contributed by atoms with Gasteiger partial charge < -0.3 is 0 Å². The van der Waals surface area contributed by atoms with Crippen LogP contribution in [0.2, 0.25) is 0 Å². The Hall–Kier alpha value is 0.1000. The van der Waals surface area contributed by atoms with Gasteiger partial charge in [-0.25, -0.2) is 0 Å². The van der Waals surface area contributed by atoms with Gasteiger partial charge in [-0.3, -0.25) is 4.79 Å². The lowest BCUT2D eigenvalue weighted by molar-refractivity contribution is 0.110. The standard InChI is InChI=1S/C7H4BrIO/c8-6-3-1-5(2-4-6)7(9)10/h1-4H. The average Bonchev–Trinajstić information content (AvgIpc) is 1.88. The molecule has 0 unspecified atom stereocenters. The number of halogens is 2. The van der Waals surface area contributed by atoms with E-state index >= 15 is 0 Å². The van der Waals surface area contributed by atoms with E-state index in [-0.39, 0.29) is 3.79 Å². The molecule has 0 aliphatic rings. The van der Waals surface area contributed by atoms with Crippen LogP contribution in [0.5, 0.6) is 0 Å². The van der Waals surface area contributed by atoms with E-state index in [0.29, 0.717) is 0 Å². The Balaban J connectivity index is 3.00. The molecule has 0 aliphatic carbocycles. The van der Waals surface area contributed by atoms with Crippen molar-refractivity contribution in [2.75, 3.05) is 0 Å². The number of hydrogen-bond acceptors (Lipinski definition) is 1. The van der Waals surface area contributed by atoms with Crippen molar-refractivity contribution >= 4 is 42.3 Å². The zero-order chi connectivity index (χ0) is 7.56. The number of rotatable bonds is 1. The molecule has 0 N–H and O–H groups in total. The average molecular weight is 311 g/mol. The molecule has 3 heteroatoms. The van der Waals surface area contributed by atoms with Gasteiger partial charge in [0.25, 0.3) is 0 Å². The zero-order valence-electron chi connectivity index (χ0n) is 4.97. The van der Waals surface area contributed by atoms with Crippen molar-refractivity contribution < 1.29 is 4.79 Å². The molecule has 0 radical (unpaired) electrons. The van der Waals surface area contributed by atoms with E-state index in [1.54, 1.807) is 34.7 Å². The second-order valence-corrected chi connectivity index (χ2v) is 3.68. The highest BCUT2D eigenvalue weighted by molar-refractivity contribution is 14.1. The lowest BCUT2D eigenvalue weighted by Gasteiger charge is -1.91. The number of benzene rings is 1. The van der Waals surface area contributed by atoms with Crippen molar-refractivity contribution in [2.45, 2.75) is 0 Å². The van der Waals surface area contributed by atoms with Gasteiger partial charge in [-0.15, -0.1) is 0 Å². The zero-order valence-corrected chi connectivity index (χ0v) is 8.72. The molecule has 1 aromatic rings. The minimum absolute atomic E-state index is 0.0742. The summed E-state index contributed by atoms with van der Waals surface area (Å²) in [7, 11) is 0. The Kier molecular flexibility index (Phi) is 2.85. The molecule has 0 saturated heterocycles. The lowest BCUT2D eigenvalue weighted by Crippen LogP contribution is -1.84. The summed E-state index contributed by atoms with van der Waals surface area (Å²) in [6.45, 7) is 0. The van der Waals surface area contributed by atoms with Crippen LogP contribution in [-0.2, 0) is 0 Å². The van der Waals surface area contributed by atoms with Gasteiger partial charge in [0.15, 0.2) is 0 Å². The van der Waals surface area contributed by atoms with E-state index in [0.717, 1.165) is 10.0 Å². The van der Waals surface area contributed by atoms with Gasteiger partial charge in [0.05, 0.1) is 0 Å². The maximum atomic E-state index is 10.7. The fourth-order valence-corrected chi connectivity index (χ4v) is 1.20. The maximum Gasteiger partial charge on any atom is 0.222 e. The molecule has 0 bridgehead atoms. The van der Waals surface area contributed by atoms with Crippen LogP contribution in [0.15, 0.2) is 28.7 Å². The molecule has 0 amide bonds. The third kappa shape index (κ3) is 2.05. The van der Waals surface area contributed by atoms with Crippen LogP contribution in [0.1, 0.15) is 10.4 Å². The van der Waals surface area contributed by atoms with E-state index < -0.39 is 0 Å². The summed E-state index contributed by atoms with van der Waals surface area (Å²) in [6, 6.07) is 7.29. The summed E-state index contributed by atoms with van der Waals surface area (Å²) >= 11 is 5.05. The molecular formula is C7H4BrIO. The molecule has 0 fully saturated rings. The van der Waals surface area contributed by atoms with Crippen LogP contribution in [0.4, 0.5) is 0 Å². The van der Waals surface area contributed by atoms with Gasteiger partial charge in [-0.2, -0.15) is 0 Å². The summed E-state index contributed by atoms with van der Waals surface area (Å²) in [5.41, 5.74) is 0.740. The van der Waals surface area contributed by atoms with Gasteiger partial charge >= 0.3 is 0 Å². The van der Waals surface area contributed by atoms with E-state index in [9.17, 15) is 4.79 Å². The molecule has 0 heterocycles. The first kappa shape index (κ1) is 8.20. The Morgan fingerprint density at radius 2 is 1.80 bits per heavy atom. The predicted molar refractivity (Wildman–Crippen MR) is 52.5 cm³/mol. The Morgan fingerprint density at radius 1 is 1.30 bits per heavy atom. The SMILES string of the molecule is O=C(I)c1ccc(Br)cc1. The monoisotopic (exact) mass is 310 g/mol. The third-order valence-electron chi connectivity index (χ3n) is 1.07. The van der Waals surface area contributed by atoms with Crippen LogP contribution in [0.25, 0.3) is 0 Å². The topological polar surface area (TPSA) is 17.1 Å². The van der Waals surface area contributed by atoms with Crippen molar-refractivity contribution in [2.24, 2.45) is 0 Å². The van der Waals surface area contributed by atoms with Crippen LogP contribution in [0, 0.1) is 0 Å². The van der Waals surface area contributed by atoms with Crippen LogP contribution >= 0.6 is 38.5 Å². The number of carbonyl (C=O) groups excluding carboxylic acids is 1. The molecule has 1 rings (SSSR count). The molecule has 0 spiro atoms. The largest absolute Gasteiger partial charge is 0.282 e. The summed E-state index contributed by atoms with van der Waals surface area (Å²) < 4.78 is 1.07. The minimum Gasteiger partial charge on any atom is -0.282 e. The van der Waals surface area contributed by atoms with Gasteiger partial charge in [-0.05, 0) is 24.3 Å². The molecular weight excluding hydrogens is 307 g/mol. The van der Waals surface area contributed by atoms with Gasteiger partial charge in [-0.1, -0.05) is 15.9 Å². The minimum atomic E-state index is 0.0742. The molecule has 0 aromatic heterocycles. The number of hydrogen-bond donors (Lipinski definition) is 0. The molecule has 1 nitrogen and oxygen atoms in total. The predicted octanol–water partition coefficient (Wildman–Crippen LogP) is 3.02. The van der Waals surface area contributed by atoms with Crippen LogP contribution in [-0.4, -0.2) is 3.79 Å². The second-order valence-electron chi connectivity index (χ2n) is 1.78. The fourth-order valence-electron chi connectivity index (χ4n) is 0.581. The van der Waals surface area contributed by atoms with Crippen molar-refractivity contribution in [3.05, 3.63) is 34.3 Å². The molecule has 10 heavy (non-hydrogen) atoms. The highest BCUT2D eigenvalue weighted by atomic mass is 127. The number of carbonyl (C=O) groups is 1. The first-order chi connectivity index (χ1) is 4.70. The highest BCUT2D eigenvalue weighted by Gasteiger charge is 1.97. The molecule has 0 saturated carbocycles. The van der Waals surface area contributed by atoms with E-state index in [2.05, 4.69) is 15.9 Å². The fraction of sp³-hybridized carbons (Fsp3) is 0. The van der Waals surface area contributed by atoms with Gasteiger partial charge in [0, 0.05) is 32.6 Å². The van der Waals surface area contributed by atoms with Crippen molar-refractivity contribution in [1.29, 1.82) is 0 Å². The van der Waals surface area contributed by atoms with E-state index in [4.69, 9.17) is 0 Å². The van der Waals surface area contributed by atoms with E-state index in [1.807, 2.05) is 12.1 Å². The Bertz CT molecular complexity index is 242. The first-order valence-corrected chi connectivity index (χ1v) is 4.53. The van der Waals surface area contributed by atoms with Crippen molar-refractivity contribution in [3.63, 3.8) is 0 Å². The second kappa shape index (κ2) is 3.48. The smallest absolute Gasteiger partial charge is 0.222 e. The maximum absolute atomic E-state index is 10.7. The highest BCUT2D eigenvalue weighted by Crippen LogP contribution is 2.12. The van der Waals surface area contributed by atoms with E-state index in [1.165, 1.54) is 0 Å². The molecule has 1 aromatic carbocycles. The molecule has 52 valence electrons. The summed E-state index contributed by atoms with van der Waals surface area (Å²) in [5.74, 6) is 0. The van der Waals surface area contributed by atoms with Gasteiger partial charge in [0.2, 0.25) is 3.79 Å². The summed E-state index contributed by atoms with van der Waals surface area (Å²) in [6.07, 6.45) is 0. The van der Waals surface area contributed by atoms with Crippen molar-refractivity contribution in [1.82, 2.24) is 0 Å². The van der Waals surface area contributed by atoms with Gasteiger partial charge in [0.1, 0.15) is 0 Å². The van der Waals surface area contributed by atoms with Crippen LogP contribution < -0.4 is 0 Å². The molecule has 0 atom stereocenters. The van der Waals surface area contributed by atoms with Crippen molar-refractivity contribution in [3.8, 4) is 0 Å². The molecule has 0 aliphatic heterocycles. The Morgan fingerprint density at radius 3 is 2.20 bits per heavy atom. The normalized spacial score (nSPS) is 9.40. The Labute approximate surface area is 81.1 Å². The summed E-state index contributed by atoms with van der Waals surface area (Å²) in [4.78, 5) is 10.7. The lowest BCUT2D eigenvalue weighted by atomic mass is 10.2. The summed E-state index contributed by atoms with van der Waals surface area (Å²) in [5, 5.41) is 0. The third-order valence-corrected chi connectivity index (χ3v) is 2.22.